The van der Waals surface area contributed by atoms with Gasteiger partial charge >= 0.3 is 5.97 Å². The van der Waals surface area contributed by atoms with Gasteiger partial charge < -0.3 is 14.9 Å². The van der Waals surface area contributed by atoms with E-state index in [0.717, 1.165) is 44.6 Å². The fraction of sp³-hybridized carbons (Fsp3) is 0.455. The molecule has 1 atom stereocenters. The summed E-state index contributed by atoms with van der Waals surface area (Å²) in [5.41, 5.74) is -0.200. The van der Waals surface area contributed by atoms with Gasteiger partial charge in [0, 0.05) is 25.8 Å². The van der Waals surface area contributed by atoms with Crippen molar-refractivity contribution in [2.45, 2.75) is 30.6 Å². The van der Waals surface area contributed by atoms with Gasteiger partial charge in [-0.15, -0.1) is 0 Å². The summed E-state index contributed by atoms with van der Waals surface area (Å²) < 4.78 is 55.0. The monoisotopic (exact) mass is 480 g/mol. The zero-order valence-electron chi connectivity index (χ0n) is 18.0. The average molecular weight is 481 g/mol. The molecule has 1 aromatic heterocycles. The fourth-order valence-electron chi connectivity index (χ4n) is 4.49. The van der Waals surface area contributed by atoms with E-state index in [1.54, 1.807) is 0 Å². The lowest BCUT2D eigenvalue weighted by Crippen LogP contribution is -2.41. The maximum absolute atomic E-state index is 13.6. The molecule has 0 spiro atoms. The van der Waals surface area contributed by atoms with E-state index in [4.69, 9.17) is 0 Å². The van der Waals surface area contributed by atoms with E-state index >= 15 is 0 Å². The molecule has 4 rings (SSSR count). The zero-order valence-corrected chi connectivity index (χ0v) is 18.8. The van der Waals surface area contributed by atoms with E-state index in [0.29, 0.717) is 30.9 Å². The number of carboxylic acid groups (broad SMARTS) is 1. The molecular formula is C22H26F2N4O4S. The molecule has 0 unspecified atom stereocenters. The lowest BCUT2D eigenvalue weighted by molar-refractivity contribution is 0.0696. The van der Waals surface area contributed by atoms with Crippen molar-refractivity contribution in [2.75, 3.05) is 42.3 Å². The van der Waals surface area contributed by atoms with Crippen molar-refractivity contribution in [1.29, 1.82) is 0 Å². The van der Waals surface area contributed by atoms with Gasteiger partial charge in [0.1, 0.15) is 0 Å². The Kier molecular flexibility index (Phi) is 6.80. The van der Waals surface area contributed by atoms with E-state index in [1.807, 2.05) is 4.90 Å². The first-order valence-corrected chi connectivity index (χ1v) is 12.4. The van der Waals surface area contributed by atoms with Crippen LogP contribution < -0.4 is 9.62 Å². The molecule has 2 aliphatic rings. The minimum atomic E-state index is -4.31. The number of aromatic nitrogens is 1. The Morgan fingerprint density at radius 2 is 1.88 bits per heavy atom. The predicted octanol–water partition coefficient (Wildman–Crippen LogP) is 3.17. The number of benzene rings is 1. The highest BCUT2D eigenvalue weighted by molar-refractivity contribution is 7.92. The van der Waals surface area contributed by atoms with Crippen LogP contribution in [-0.4, -0.2) is 62.1 Å². The summed E-state index contributed by atoms with van der Waals surface area (Å²) in [6, 6.07) is 3.46. The summed E-state index contributed by atoms with van der Waals surface area (Å²) in [7, 11) is -4.31. The highest BCUT2D eigenvalue weighted by Crippen LogP contribution is 2.31. The normalized spacial score (nSPS) is 19.6. The van der Waals surface area contributed by atoms with Crippen LogP contribution in [0.25, 0.3) is 0 Å². The summed E-state index contributed by atoms with van der Waals surface area (Å²) in [4.78, 5) is 19.7. The smallest absolute Gasteiger partial charge is 0.337 e. The van der Waals surface area contributed by atoms with Crippen LogP contribution in [0.15, 0.2) is 35.4 Å². The van der Waals surface area contributed by atoms with Gasteiger partial charge in [-0.1, -0.05) is 0 Å². The van der Waals surface area contributed by atoms with Crippen LogP contribution in [-0.2, 0) is 10.0 Å². The molecule has 2 N–H and O–H groups in total. The van der Waals surface area contributed by atoms with Crippen LogP contribution in [0.3, 0.4) is 0 Å². The first-order chi connectivity index (χ1) is 15.7. The van der Waals surface area contributed by atoms with Crippen molar-refractivity contribution < 1.29 is 27.1 Å². The summed E-state index contributed by atoms with van der Waals surface area (Å²) >= 11 is 0. The third-order valence-electron chi connectivity index (χ3n) is 6.09. The number of anilines is 2. The number of hydrogen-bond donors (Lipinski definition) is 2. The molecule has 1 aromatic carbocycles. The number of pyridine rings is 1. The van der Waals surface area contributed by atoms with Gasteiger partial charge in [-0.3, -0.25) is 4.72 Å². The van der Waals surface area contributed by atoms with Crippen molar-refractivity contribution in [3.63, 3.8) is 0 Å². The number of carbonyl (C=O) groups is 1. The Morgan fingerprint density at radius 3 is 2.58 bits per heavy atom. The van der Waals surface area contributed by atoms with Crippen LogP contribution in [0, 0.1) is 17.6 Å². The Balaban J connectivity index is 1.62. The third-order valence-corrected chi connectivity index (χ3v) is 7.46. The van der Waals surface area contributed by atoms with E-state index in [2.05, 4.69) is 14.6 Å². The number of nitrogens with one attached hydrogen (secondary N) is 1. The first kappa shape index (κ1) is 23.4. The SMILES string of the molecule is O=C(O)c1cnc(N2CCC[C@@H](CN3CCCC3)C2)c(NS(=O)(=O)c2ccc(F)c(F)c2)c1. The molecular weight excluding hydrogens is 454 g/mol. The summed E-state index contributed by atoms with van der Waals surface area (Å²) in [5.74, 6) is -3.02. The van der Waals surface area contributed by atoms with Crippen LogP contribution in [0.4, 0.5) is 20.3 Å². The van der Waals surface area contributed by atoms with E-state index in [1.165, 1.54) is 25.1 Å². The van der Waals surface area contributed by atoms with Crippen molar-refractivity contribution in [3.05, 3.63) is 47.7 Å². The number of nitrogens with zero attached hydrogens (tertiary/aromatic N) is 3. The minimum Gasteiger partial charge on any atom is -0.478 e. The molecule has 0 aliphatic carbocycles. The highest BCUT2D eigenvalue weighted by Gasteiger charge is 2.27. The van der Waals surface area contributed by atoms with Gasteiger partial charge in [0.05, 0.1) is 16.1 Å². The van der Waals surface area contributed by atoms with Gasteiger partial charge in [0.2, 0.25) is 0 Å². The van der Waals surface area contributed by atoms with Crippen molar-refractivity contribution >= 4 is 27.5 Å². The van der Waals surface area contributed by atoms with E-state index < -0.39 is 32.5 Å². The topological polar surface area (TPSA) is 103 Å². The third kappa shape index (κ3) is 5.41. The highest BCUT2D eigenvalue weighted by atomic mass is 32.2. The van der Waals surface area contributed by atoms with E-state index in [-0.39, 0.29) is 11.3 Å². The molecule has 8 nitrogen and oxygen atoms in total. The average Bonchev–Trinajstić information content (AvgIpc) is 3.28. The van der Waals surface area contributed by atoms with Gasteiger partial charge in [0.25, 0.3) is 10.0 Å². The molecule has 11 heteroatoms. The summed E-state index contributed by atoms with van der Waals surface area (Å²) in [6.45, 7) is 4.44. The Hall–Kier alpha value is -2.79. The largest absolute Gasteiger partial charge is 0.478 e. The molecule has 33 heavy (non-hydrogen) atoms. The molecule has 3 heterocycles. The number of hydrogen-bond acceptors (Lipinski definition) is 6. The number of halogens is 2. The van der Waals surface area contributed by atoms with Gasteiger partial charge in [-0.25, -0.2) is 27.0 Å². The molecule has 2 aliphatic heterocycles. The minimum absolute atomic E-state index is 0.0125. The number of likely N-dealkylation sites (tertiary alicyclic amines) is 1. The fourth-order valence-corrected chi connectivity index (χ4v) is 5.55. The molecule has 0 amide bonds. The molecule has 178 valence electrons. The Labute approximate surface area is 191 Å². The quantitative estimate of drug-likeness (QED) is 0.628. The Morgan fingerprint density at radius 1 is 1.12 bits per heavy atom. The van der Waals surface area contributed by atoms with Crippen molar-refractivity contribution in [2.24, 2.45) is 5.92 Å². The van der Waals surface area contributed by atoms with Gasteiger partial charge in [0.15, 0.2) is 17.5 Å². The van der Waals surface area contributed by atoms with Gasteiger partial charge in [-0.05, 0) is 69.0 Å². The van der Waals surface area contributed by atoms with Crippen molar-refractivity contribution in [1.82, 2.24) is 9.88 Å². The second-order valence-electron chi connectivity index (χ2n) is 8.54. The molecule has 0 bridgehead atoms. The van der Waals surface area contributed by atoms with Gasteiger partial charge in [-0.2, -0.15) is 0 Å². The summed E-state index contributed by atoms with van der Waals surface area (Å²) in [5, 5.41) is 9.37. The number of piperidine rings is 1. The molecule has 2 fully saturated rings. The van der Waals surface area contributed by atoms with Crippen LogP contribution in [0.2, 0.25) is 0 Å². The van der Waals surface area contributed by atoms with Crippen molar-refractivity contribution in [3.8, 4) is 0 Å². The predicted molar refractivity (Wildman–Crippen MR) is 119 cm³/mol. The van der Waals surface area contributed by atoms with Crippen LogP contribution >= 0.6 is 0 Å². The maximum Gasteiger partial charge on any atom is 0.337 e. The molecule has 0 saturated carbocycles. The van der Waals surface area contributed by atoms with Crippen LogP contribution in [0.1, 0.15) is 36.0 Å². The second-order valence-corrected chi connectivity index (χ2v) is 10.2. The summed E-state index contributed by atoms with van der Waals surface area (Å²) in [6.07, 6.45) is 5.54. The lowest BCUT2D eigenvalue weighted by Gasteiger charge is -2.36. The molecule has 2 aromatic rings. The number of rotatable bonds is 7. The molecule has 0 radical (unpaired) electrons. The second kappa shape index (κ2) is 9.60. The number of sulfonamides is 1. The van der Waals surface area contributed by atoms with Crippen LogP contribution in [0.5, 0.6) is 0 Å². The zero-order chi connectivity index (χ0) is 23.6. The van der Waals surface area contributed by atoms with E-state index in [9.17, 15) is 27.1 Å². The number of aromatic carboxylic acids is 1. The number of carboxylic acids is 1. The first-order valence-electron chi connectivity index (χ1n) is 10.9. The Bertz CT molecular complexity index is 1140. The lowest BCUT2D eigenvalue weighted by atomic mass is 9.97. The molecule has 2 saturated heterocycles. The standard InChI is InChI=1S/C22H26F2N4O4S/c23-18-6-5-17(11-19(18)24)33(31,32)26-20-10-16(22(29)30)12-25-21(20)28-9-3-4-15(14-28)13-27-7-1-2-8-27/h5-6,10-12,15,26H,1-4,7-9,13-14H2,(H,29,30)/t15-/m0/s1. The maximum atomic E-state index is 13.6.